The van der Waals surface area contributed by atoms with Crippen LogP contribution in [0.2, 0.25) is 0 Å². The number of aliphatic hydroxyl groups excluding tert-OH is 1. The number of aromatic nitrogens is 3. The second-order valence-corrected chi connectivity index (χ2v) is 6.88. The van der Waals surface area contributed by atoms with Gasteiger partial charge in [-0.25, -0.2) is 9.48 Å². The number of fused-ring (bicyclic) bond motifs is 3. The number of nitrogens with one attached hydrogen (secondary N) is 1. The van der Waals surface area contributed by atoms with Gasteiger partial charge in [0.15, 0.2) is 5.82 Å². The molecule has 3 heterocycles. The van der Waals surface area contributed by atoms with Crippen LogP contribution in [0.3, 0.4) is 0 Å². The molecular weight excluding hydrogens is 286 g/mol. The van der Waals surface area contributed by atoms with Crippen molar-refractivity contribution in [2.75, 3.05) is 25.0 Å². The van der Waals surface area contributed by atoms with Crippen LogP contribution in [-0.2, 0) is 11.3 Å². The fourth-order valence-corrected chi connectivity index (χ4v) is 3.04. The van der Waals surface area contributed by atoms with Crippen molar-refractivity contribution in [2.24, 2.45) is 5.92 Å². The zero-order valence-corrected chi connectivity index (χ0v) is 13.2. The largest absolute Gasteiger partial charge is 0.444 e. The first-order chi connectivity index (χ1) is 10.4. The lowest BCUT2D eigenvalue weighted by atomic mass is 9.91. The van der Waals surface area contributed by atoms with Gasteiger partial charge < -0.3 is 20.1 Å². The Bertz CT molecular complexity index is 565. The van der Waals surface area contributed by atoms with E-state index >= 15 is 0 Å². The van der Waals surface area contributed by atoms with E-state index in [1.165, 1.54) is 0 Å². The van der Waals surface area contributed by atoms with Gasteiger partial charge >= 0.3 is 6.09 Å². The molecule has 8 nitrogen and oxygen atoms in total. The van der Waals surface area contributed by atoms with Crippen molar-refractivity contribution >= 4 is 12.0 Å². The summed E-state index contributed by atoms with van der Waals surface area (Å²) in [7, 11) is 0. The Kier molecular flexibility index (Phi) is 3.72. The van der Waals surface area contributed by atoms with Gasteiger partial charge in [-0.15, -0.1) is 0 Å². The van der Waals surface area contributed by atoms with Crippen LogP contribution in [0.4, 0.5) is 10.7 Å². The highest BCUT2D eigenvalue weighted by Gasteiger charge is 2.38. The summed E-state index contributed by atoms with van der Waals surface area (Å²) < 4.78 is 7.30. The van der Waals surface area contributed by atoms with Crippen LogP contribution in [0.15, 0.2) is 0 Å². The smallest absolute Gasteiger partial charge is 0.410 e. The van der Waals surface area contributed by atoms with Crippen molar-refractivity contribution in [1.29, 1.82) is 0 Å². The zero-order valence-electron chi connectivity index (χ0n) is 13.2. The highest BCUT2D eigenvalue weighted by Crippen LogP contribution is 2.34. The average Bonchev–Trinajstić information content (AvgIpc) is 2.88. The van der Waals surface area contributed by atoms with Crippen molar-refractivity contribution in [3.8, 4) is 0 Å². The normalized spacial score (nSPS) is 24.3. The molecule has 0 spiro atoms. The number of hydrogen-bond acceptors (Lipinski definition) is 6. The summed E-state index contributed by atoms with van der Waals surface area (Å²) in [5, 5.41) is 16.7. The third kappa shape index (κ3) is 2.87. The summed E-state index contributed by atoms with van der Waals surface area (Å²) in [6, 6.07) is 0.211. The van der Waals surface area contributed by atoms with E-state index in [1.807, 2.05) is 25.5 Å². The van der Waals surface area contributed by atoms with E-state index in [2.05, 4.69) is 15.4 Å². The second-order valence-electron chi connectivity index (χ2n) is 6.88. The number of rotatable bonds is 1. The number of likely N-dealkylation sites (tertiary alicyclic amines) is 1. The molecule has 122 valence electrons. The maximum absolute atomic E-state index is 12.2. The first-order valence-corrected chi connectivity index (χ1v) is 7.65. The van der Waals surface area contributed by atoms with Crippen LogP contribution in [0.1, 0.15) is 39.1 Å². The topological polar surface area (TPSA) is 92.5 Å². The summed E-state index contributed by atoms with van der Waals surface area (Å²) in [6.07, 6.45) is 0.554. The quantitative estimate of drug-likeness (QED) is 0.804. The maximum Gasteiger partial charge on any atom is 0.410 e. The van der Waals surface area contributed by atoms with Crippen LogP contribution in [0, 0.1) is 5.92 Å². The summed E-state index contributed by atoms with van der Waals surface area (Å²) in [4.78, 5) is 18.2. The molecule has 1 aromatic rings. The maximum atomic E-state index is 12.2. The molecule has 0 bridgehead atoms. The minimum absolute atomic E-state index is 0.164. The van der Waals surface area contributed by atoms with Gasteiger partial charge in [-0.1, -0.05) is 0 Å². The molecule has 1 saturated heterocycles. The molecule has 1 amide bonds. The number of ether oxygens (including phenoxy) is 1. The Morgan fingerprint density at radius 1 is 1.50 bits per heavy atom. The van der Waals surface area contributed by atoms with Gasteiger partial charge in [0.2, 0.25) is 5.95 Å². The molecule has 2 N–H and O–H groups in total. The Morgan fingerprint density at radius 3 is 2.95 bits per heavy atom. The van der Waals surface area contributed by atoms with Crippen LogP contribution in [-0.4, -0.2) is 56.1 Å². The highest BCUT2D eigenvalue weighted by atomic mass is 16.6. The molecule has 2 aliphatic rings. The van der Waals surface area contributed by atoms with Crippen molar-refractivity contribution in [2.45, 2.75) is 45.4 Å². The molecule has 0 aromatic carbocycles. The molecule has 3 rings (SSSR count). The molecule has 1 aromatic heterocycles. The number of anilines is 1. The predicted molar refractivity (Wildman–Crippen MR) is 79.4 cm³/mol. The van der Waals surface area contributed by atoms with E-state index in [9.17, 15) is 9.90 Å². The molecule has 0 aliphatic carbocycles. The molecule has 2 unspecified atom stereocenters. The van der Waals surface area contributed by atoms with Crippen LogP contribution in [0.25, 0.3) is 0 Å². The van der Waals surface area contributed by atoms with Crippen molar-refractivity contribution in [1.82, 2.24) is 19.7 Å². The monoisotopic (exact) mass is 309 g/mol. The van der Waals surface area contributed by atoms with Crippen molar-refractivity contribution in [3.63, 3.8) is 0 Å². The van der Waals surface area contributed by atoms with Crippen LogP contribution in [0.5, 0.6) is 0 Å². The Hall–Kier alpha value is -1.83. The van der Waals surface area contributed by atoms with Crippen LogP contribution >= 0.6 is 0 Å². The van der Waals surface area contributed by atoms with E-state index in [4.69, 9.17) is 4.74 Å². The van der Waals surface area contributed by atoms with Crippen molar-refractivity contribution < 1.29 is 14.6 Å². The number of hydrogen-bond donors (Lipinski definition) is 2. The number of amides is 1. The lowest BCUT2D eigenvalue weighted by molar-refractivity contribution is 0.0107. The van der Waals surface area contributed by atoms with Gasteiger partial charge in [-0.2, -0.15) is 10.1 Å². The number of carbonyl (C=O) groups is 1. The number of carbonyl (C=O) groups excluding carboxylic acids is 1. The van der Waals surface area contributed by atoms with Gasteiger partial charge in [-0.3, -0.25) is 0 Å². The summed E-state index contributed by atoms with van der Waals surface area (Å²) in [6.45, 7) is 7.48. The van der Waals surface area contributed by atoms with E-state index in [1.54, 1.807) is 4.90 Å². The number of aliphatic hydroxyl groups is 1. The summed E-state index contributed by atoms with van der Waals surface area (Å²) in [5.74, 6) is 1.40. The molecule has 8 heteroatoms. The van der Waals surface area contributed by atoms with E-state index in [0.29, 0.717) is 24.9 Å². The fraction of sp³-hybridized carbons (Fsp3) is 0.786. The lowest BCUT2D eigenvalue weighted by Crippen LogP contribution is -2.50. The van der Waals surface area contributed by atoms with Crippen LogP contribution < -0.4 is 5.32 Å². The third-order valence-corrected chi connectivity index (χ3v) is 4.00. The average molecular weight is 309 g/mol. The molecule has 1 fully saturated rings. The minimum Gasteiger partial charge on any atom is -0.444 e. The molecule has 0 saturated carbocycles. The molecule has 0 radical (unpaired) electrons. The molecular formula is C14H23N5O3. The van der Waals surface area contributed by atoms with Gasteiger partial charge in [0, 0.05) is 25.6 Å². The summed E-state index contributed by atoms with van der Waals surface area (Å²) in [5.41, 5.74) is -0.478. The third-order valence-electron chi connectivity index (χ3n) is 4.00. The van der Waals surface area contributed by atoms with E-state index < -0.39 is 5.60 Å². The molecule has 2 aliphatic heterocycles. The highest BCUT2D eigenvalue weighted by molar-refractivity contribution is 5.68. The van der Waals surface area contributed by atoms with Gasteiger partial charge in [0.05, 0.1) is 6.04 Å². The van der Waals surface area contributed by atoms with Gasteiger partial charge in [0.25, 0.3) is 0 Å². The standard InChI is InChI=1S/C14H23N5O3/c1-14(2,3)22-13(21)18-5-4-10-9(7-18)6-15-12-16-11(8-20)17-19(10)12/h9-10,20H,4-8H2,1-3H3,(H,15,16,17). The summed E-state index contributed by atoms with van der Waals surface area (Å²) >= 11 is 0. The molecule has 2 atom stereocenters. The number of nitrogens with zero attached hydrogens (tertiary/aromatic N) is 4. The molecule has 22 heavy (non-hydrogen) atoms. The van der Waals surface area contributed by atoms with Gasteiger partial charge in [0.1, 0.15) is 12.2 Å². The van der Waals surface area contributed by atoms with E-state index in [-0.39, 0.29) is 24.7 Å². The minimum atomic E-state index is -0.478. The first kappa shape index (κ1) is 15.1. The fourth-order valence-electron chi connectivity index (χ4n) is 3.04. The second kappa shape index (κ2) is 5.42. The first-order valence-electron chi connectivity index (χ1n) is 7.65. The SMILES string of the molecule is CC(C)(C)OC(=O)N1CCC2C(CNc3nc(CO)nn32)C1. The predicted octanol–water partition coefficient (Wildman–Crippen LogP) is 0.994. The number of piperidine rings is 1. The Balaban J connectivity index is 1.70. The van der Waals surface area contributed by atoms with Gasteiger partial charge in [-0.05, 0) is 27.2 Å². The zero-order chi connectivity index (χ0) is 15.9. The van der Waals surface area contributed by atoms with E-state index in [0.717, 1.165) is 13.0 Å². The lowest BCUT2D eigenvalue weighted by Gasteiger charge is -2.41. The Morgan fingerprint density at radius 2 is 2.27 bits per heavy atom. The Labute approximate surface area is 129 Å². The van der Waals surface area contributed by atoms with Crippen molar-refractivity contribution in [3.05, 3.63) is 5.82 Å².